The first-order valence-corrected chi connectivity index (χ1v) is 6.20. The molecule has 86 valence electrons. The van der Waals surface area contributed by atoms with Gasteiger partial charge < -0.3 is 4.90 Å². The molecule has 0 N–H and O–H groups in total. The van der Waals surface area contributed by atoms with E-state index < -0.39 is 0 Å². The van der Waals surface area contributed by atoms with E-state index in [9.17, 15) is 0 Å². The van der Waals surface area contributed by atoms with E-state index in [2.05, 4.69) is 46.3 Å². The van der Waals surface area contributed by atoms with Gasteiger partial charge in [0, 0.05) is 30.5 Å². The van der Waals surface area contributed by atoms with Gasteiger partial charge in [0.25, 0.3) is 0 Å². The fourth-order valence-electron chi connectivity index (χ4n) is 2.36. The Morgan fingerprint density at radius 2 is 1.71 bits per heavy atom. The van der Waals surface area contributed by atoms with E-state index in [0.29, 0.717) is 0 Å². The Morgan fingerprint density at radius 3 is 2.47 bits per heavy atom. The van der Waals surface area contributed by atoms with Crippen LogP contribution < -0.4 is 4.90 Å². The molecule has 17 heavy (non-hydrogen) atoms. The van der Waals surface area contributed by atoms with Crippen LogP contribution in [0.5, 0.6) is 0 Å². The van der Waals surface area contributed by atoms with E-state index >= 15 is 0 Å². The van der Waals surface area contributed by atoms with Crippen molar-refractivity contribution in [1.29, 1.82) is 0 Å². The summed E-state index contributed by atoms with van der Waals surface area (Å²) in [4.78, 5) is 6.89. The van der Waals surface area contributed by atoms with Crippen LogP contribution in [0.25, 0.3) is 11.3 Å². The van der Waals surface area contributed by atoms with E-state index in [1.54, 1.807) is 0 Å². The molecule has 0 atom stereocenters. The maximum absolute atomic E-state index is 4.45. The summed E-state index contributed by atoms with van der Waals surface area (Å²) in [6, 6.07) is 14.7. The SMILES string of the molecule is c1ccc(-c2cc(N3CCCC3)ccn2)cc1. The maximum atomic E-state index is 4.45. The minimum Gasteiger partial charge on any atom is -0.371 e. The van der Waals surface area contributed by atoms with Crippen LogP contribution in [0.2, 0.25) is 0 Å². The van der Waals surface area contributed by atoms with Crippen LogP contribution in [0.1, 0.15) is 12.8 Å². The fourth-order valence-corrected chi connectivity index (χ4v) is 2.36. The monoisotopic (exact) mass is 224 g/mol. The van der Waals surface area contributed by atoms with Gasteiger partial charge in [-0.05, 0) is 25.0 Å². The number of hydrogen-bond donors (Lipinski definition) is 0. The van der Waals surface area contributed by atoms with Crippen LogP contribution in [-0.4, -0.2) is 18.1 Å². The van der Waals surface area contributed by atoms with Crippen LogP contribution in [0.4, 0.5) is 5.69 Å². The lowest BCUT2D eigenvalue weighted by atomic mass is 10.1. The number of nitrogens with zero attached hydrogens (tertiary/aromatic N) is 2. The highest BCUT2D eigenvalue weighted by molar-refractivity contribution is 5.64. The second kappa shape index (κ2) is 4.58. The number of hydrogen-bond acceptors (Lipinski definition) is 2. The summed E-state index contributed by atoms with van der Waals surface area (Å²) in [7, 11) is 0. The molecule has 2 aromatic rings. The molecule has 2 heterocycles. The highest BCUT2D eigenvalue weighted by Gasteiger charge is 2.12. The van der Waals surface area contributed by atoms with Crippen molar-refractivity contribution >= 4 is 5.69 Å². The van der Waals surface area contributed by atoms with Gasteiger partial charge in [-0.2, -0.15) is 0 Å². The van der Waals surface area contributed by atoms with Crippen molar-refractivity contribution in [2.75, 3.05) is 18.0 Å². The van der Waals surface area contributed by atoms with Gasteiger partial charge in [-0.25, -0.2) is 0 Å². The second-order valence-electron chi connectivity index (χ2n) is 4.46. The van der Waals surface area contributed by atoms with Gasteiger partial charge in [-0.1, -0.05) is 30.3 Å². The first-order valence-electron chi connectivity index (χ1n) is 6.20. The summed E-state index contributed by atoms with van der Waals surface area (Å²) >= 11 is 0. The Morgan fingerprint density at radius 1 is 0.941 bits per heavy atom. The normalized spacial score (nSPS) is 15.2. The topological polar surface area (TPSA) is 16.1 Å². The Labute approximate surface area is 102 Å². The highest BCUT2D eigenvalue weighted by Crippen LogP contribution is 2.24. The Kier molecular flexibility index (Phi) is 2.78. The molecule has 0 bridgehead atoms. The molecule has 0 unspecified atom stereocenters. The molecule has 1 saturated heterocycles. The molecule has 2 heteroatoms. The van der Waals surface area contributed by atoms with E-state index in [0.717, 1.165) is 5.69 Å². The molecule has 1 aliphatic heterocycles. The van der Waals surface area contributed by atoms with Gasteiger partial charge in [-0.3, -0.25) is 4.98 Å². The molecule has 0 amide bonds. The minimum atomic E-state index is 1.06. The van der Waals surface area contributed by atoms with E-state index in [1.165, 1.54) is 37.2 Å². The van der Waals surface area contributed by atoms with Crippen LogP contribution >= 0.6 is 0 Å². The molecule has 0 radical (unpaired) electrons. The quantitative estimate of drug-likeness (QED) is 0.777. The largest absolute Gasteiger partial charge is 0.371 e. The molecule has 3 rings (SSSR count). The third-order valence-corrected chi connectivity index (χ3v) is 3.28. The summed E-state index contributed by atoms with van der Waals surface area (Å²) in [5.74, 6) is 0. The van der Waals surface area contributed by atoms with Crippen molar-refractivity contribution in [3.8, 4) is 11.3 Å². The predicted octanol–water partition coefficient (Wildman–Crippen LogP) is 3.35. The van der Waals surface area contributed by atoms with E-state index in [1.807, 2.05) is 12.3 Å². The number of aromatic nitrogens is 1. The lowest BCUT2D eigenvalue weighted by Gasteiger charge is -2.17. The molecular formula is C15H16N2. The maximum Gasteiger partial charge on any atom is 0.0722 e. The van der Waals surface area contributed by atoms with E-state index in [-0.39, 0.29) is 0 Å². The zero-order valence-corrected chi connectivity index (χ0v) is 9.84. The average molecular weight is 224 g/mol. The van der Waals surface area contributed by atoms with Crippen LogP contribution in [0, 0.1) is 0 Å². The summed E-state index contributed by atoms with van der Waals surface area (Å²) in [5, 5.41) is 0. The summed E-state index contributed by atoms with van der Waals surface area (Å²) in [6.07, 6.45) is 4.53. The van der Waals surface area contributed by atoms with Crippen molar-refractivity contribution in [3.63, 3.8) is 0 Å². The zero-order chi connectivity index (χ0) is 11.5. The van der Waals surface area contributed by atoms with Crippen molar-refractivity contribution < 1.29 is 0 Å². The molecule has 0 spiro atoms. The first kappa shape index (κ1) is 10.3. The van der Waals surface area contributed by atoms with Gasteiger partial charge in [0.2, 0.25) is 0 Å². The molecule has 0 aliphatic carbocycles. The van der Waals surface area contributed by atoms with Gasteiger partial charge in [0.1, 0.15) is 0 Å². The lowest BCUT2D eigenvalue weighted by molar-refractivity contribution is 0.949. The smallest absolute Gasteiger partial charge is 0.0722 e. The van der Waals surface area contributed by atoms with E-state index in [4.69, 9.17) is 0 Å². The third-order valence-electron chi connectivity index (χ3n) is 3.28. The van der Waals surface area contributed by atoms with Crippen molar-refractivity contribution in [3.05, 3.63) is 48.7 Å². The lowest BCUT2D eigenvalue weighted by Crippen LogP contribution is -2.17. The molecule has 1 fully saturated rings. The molecule has 0 saturated carbocycles. The van der Waals surface area contributed by atoms with Crippen molar-refractivity contribution in [2.45, 2.75) is 12.8 Å². The summed E-state index contributed by atoms with van der Waals surface area (Å²) in [5.41, 5.74) is 3.56. The number of anilines is 1. The number of benzene rings is 1. The highest BCUT2D eigenvalue weighted by atomic mass is 15.1. The Bertz CT molecular complexity index is 487. The van der Waals surface area contributed by atoms with Crippen LogP contribution in [0.3, 0.4) is 0 Å². The van der Waals surface area contributed by atoms with Gasteiger partial charge >= 0.3 is 0 Å². The van der Waals surface area contributed by atoms with Crippen LogP contribution in [-0.2, 0) is 0 Å². The van der Waals surface area contributed by atoms with Gasteiger partial charge in [0.15, 0.2) is 0 Å². The van der Waals surface area contributed by atoms with Crippen molar-refractivity contribution in [2.24, 2.45) is 0 Å². The first-order chi connectivity index (χ1) is 8.43. The Balaban J connectivity index is 1.94. The molecule has 1 aromatic heterocycles. The number of pyridine rings is 1. The van der Waals surface area contributed by atoms with Crippen LogP contribution in [0.15, 0.2) is 48.7 Å². The summed E-state index contributed by atoms with van der Waals surface area (Å²) < 4.78 is 0. The Hall–Kier alpha value is -1.83. The van der Waals surface area contributed by atoms with Crippen molar-refractivity contribution in [1.82, 2.24) is 4.98 Å². The fraction of sp³-hybridized carbons (Fsp3) is 0.267. The summed E-state index contributed by atoms with van der Waals surface area (Å²) in [6.45, 7) is 2.36. The zero-order valence-electron chi connectivity index (χ0n) is 9.84. The molecule has 1 aliphatic rings. The predicted molar refractivity (Wildman–Crippen MR) is 71.1 cm³/mol. The standard InChI is InChI=1S/C15H16N2/c1-2-6-13(7-3-1)15-12-14(8-9-16-15)17-10-4-5-11-17/h1-3,6-9,12H,4-5,10-11H2. The van der Waals surface area contributed by atoms with Gasteiger partial charge in [0.05, 0.1) is 5.69 Å². The third kappa shape index (κ3) is 2.16. The number of rotatable bonds is 2. The molecular weight excluding hydrogens is 208 g/mol. The second-order valence-corrected chi connectivity index (χ2v) is 4.46. The minimum absolute atomic E-state index is 1.06. The van der Waals surface area contributed by atoms with Gasteiger partial charge in [-0.15, -0.1) is 0 Å². The molecule has 2 nitrogen and oxygen atoms in total. The molecule has 1 aromatic carbocycles. The average Bonchev–Trinajstić information content (AvgIpc) is 2.94.